The van der Waals surface area contributed by atoms with Crippen molar-refractivity contribution < 1.29 is 51.4 Å². The topological polar surface area (TPSA) is 210 Å². The summed E-state index contributed by atoms with van der Waals surface area (Å²) < 4.78 is 41.1. The summed E-state index contributed by atoms with van der Waals surface area (Å²) in [5, 5.41) is 9.31. The van der Waals surface area contributed by atoms with Crippen molar-refractivity contribution in [3.63, 3.8) is 0 Å². The molecule has 0 bridgehead atoms. The van der Waals surface area contributed by atoms with Crippen LogP contribution in [0.2, 0.25) is 10.0 Å². The van der Waals surface area contributed by atoms with Gasteiger partial charge < -0.3 is 44.9 Å². The summed E-state index contributed by atoms with van der Waals surface area (Å²) in [6, 6.07) is 34.6. The lowest BCUT2D eigenvalue weighted by atomic mass is 10.0. The number of carbonyl (C=O) groups is 6. The summed E-state index contributed by atoms with van der Waals surface area (Å²) in [7, 11) is -3.25. The molecule has 6 aromatic carbocycles. The van der Waals surface area contributed by atoms with Gasteiger partial charge in [-0.15, -0.1) is 0 Å². The lowest BCUT2D eigenvalue weighted by Crippen LogP contribution is -2.49. The van der Waals surface area contributed by atoms with Crippen LogP contribution in [-0.4, -0.2) is 82.9 Å². The molecule has 12 rings (SSSR count). The maximum Gasteiger partial charge on any atom is 0.255 e. The van der Waals surface area contributed by atoms with Gasteiger partial charge in [0.1, 0.15) is 55.2 Å². The maximum absolute atomic E-state index is 12.9. The molecule has 20 heteroatoms. The second-order valence-corrected chi connectivity index (χ2v) is 24.5. The van der Waals surface area contributed by atoms with Gasteiger partial charge in [-0.2, -0.15) is 0 Å². The van der Waals surface area contributed by atoms with Gasteiger partial charge in [-0.05, 0) is 129 Å². The number of fused-ring (bicyclic) bond motifs is 3. The zero-order valence-electron chi connectivity index (χ0n) is 46.9. The van der Waals surface area contributed by atoms with Gasteiger partial charge in [-0.3, -0.25) is 28.8 Å². The molecule has 85 heavy (non-hydrogen) atoms. The van der Waals surface area contributed by atoms with E-state index >= 15 is 0 Å². The van der Waals surface area contributed by atoms with Crippen molar-refractivity contribution in [2.75, 3.05) is 6.26 Å². The van der Waals surface area contributed by atoms with Crippen molar-refractivity contribution in [2.45, 2.75) is 108 Å². The number of nitrogens with zero attached hydrogens (tertiary/aromatic N) is 3. The summed E-state index contributed by atoms with van der Waals surface area (Å²) in [5.74, 6) is 0.897. The number of carbonyl (C=O) groups excluding carboxylic acids is 6. The molecule has 3 N–H and O–H groups in total. The molecule has 0 radical (unpaired) electrons. The van der Waals surface area contributed by atoms with E-state index in [-0.39, 0.29) is 53.6 Å². The molecule has 3 atom stereocenters. The van der Waals surface area contributed by atoms with Crippen LogP contribution >= 0.6 is 23.2 Å². The smallest absolute Gasteiger partial charge is 0.255 e. The number of hydrogen-bond acceptors (Lipinski definition) is 11. The Morgan fingerprint density at radius 3 is 1.21 bits per heavy atom. The molecule has 0 aromatic heterocycles. The lowest BCUT2D eigenvalue weighted by molar-refractivity contribution is -0.127. The van der Waals surface area contributed by atoms with E-state index in [4.69, 9.17) is 37.4 Å². The highest BCUT2D eigenvalue weighted by atomic mass is 35.5. The van der Waals surface area contributed by atoms with Gasteiger partial charge in [0.15, 0.2) is 9.84 Å². The SMILES string of the molecule is C=C1CCC(N2Cc3c(OCc4cc(Cl)cc(Cl)c4)cccc3C2=O)C(=O)N1.C=C1CCC(N2Cc3c(OCc4ccc(S(C)(=O)=O)cc4)cccc3C2=O)C(=O)N1.C=C1CCC(N2Cc3c(OCc4cccc(C)c4)cccc3C2=O)C(=O)N1. The summed E-state index contributed by atoms with van der Waals surface area (Å²) in [6.45, 7) is 15.4. The molecule has 438 valence electrons. The van der Waals surface area contributed by atoms with E-state index in [2.05, 4.69) is 41.8 Å². The lowest BCUT2D eigenvalue weighted by Gasteiger charge is -2.31. The molecular weight excluding hydrogens is 1140 g/mol. The van der Waals surface area contributed by atoms with E-state index < -0.39 is 28.0 Å². The fourth-order valence-electron chi connectivity index (χ4n) is 11.1. The van der Waals surface area contributed by atoms with E-state index in [1.165, 1.54) is 5.56 Å². The zero-order valence-corrected chi connectivity index (χ0v) is 49.2. The quantitative estimate of drug-likeness (QED) is 0.0991. The molecule has 0 saturated carbocycles. The molecule has 0 spiro atoms. The number of nitrogens with one attached hydrogen (secondary N) is 3. The van der Waals surface area contributed by atoms with Crippen molar-refractivity contribution in [2.24, 2.45) is 0 Å². The fraction of sp³-hybridized carbons (Fsp3) is 0.262. The molecular formula is C65H62Cl2N6O11S. The number of hydrogen-bond donors (Lipinski definition) is 3. The van der Waals surface area contributed by atoms with Gasteiger partial charge >= 0.3 is 0 Å². The average Bonchev–Trinajstić information content (AvgIpc) is 2.76. The highest BCUT2D eigenvalue weighted by Crippen LogP contribution is 2.38. The van der Waals surface area contributed by atoms with Crippen molar-refractivity contribution in [1.29, 1.82) is 0 Å². The van der Waals surface area contributed by atoms with Crippen LogP contribution in [0.25, 0.3) is 0 Å². The number of aryl methyl sites for hydroxylation is 1. The van der Waals surface area contributed by atoms with E-state index in [9.17, 15) is 37.2 Å². The van der Waals surface area contributed by atoms with Crippen LogP contribution < -0.4 is 30.2 Å². The van der Waals surface area contributed by atoms with E-state index in [1.807, 2.05) is 43.3 Å². The van der Waals surface area contributed by atoms with Crippen molar-refractivity contribution in [1.82, 2.24) is 30.7 Å². The Morgan fingerprint density at radius 1 is 0.482 bits per heavy atom. The number of ether oxygens (including phenoxy) is 3. The summed E-state index contributed by atoms with van der Waals surface area (Å²) in [6.07, 6.45) is 4.88. The van der Waals surface area contributed by atoms with Gasteiger partial charge in [0, 0.05) is 66.8 Å². The van der Waals surface area contributed by atoms with Crippen LogP contribution in [0.1, 0.15) is 109 Å². The van der Waals surface area contributed by atoms with Crippen LogP contribution in [0.3, 0.4) is 0 Å². The molecule has 6 amide bonds. The van der Waals surface area contributed by atoms with Crippen molar-refractivity contribution in [3.8, 4) is 17.2 Å². The molecule has 0 aliphatic carbocycles. The van der Waals surface area contributed by atoms with Crippen LogP contribution in [0.15, 0.2) is 163 Å². The van der Waals surface area contributed by atoms with E-state index in [0.717, 1.165) is 39.6 Å². The number of benzene rings is 6. The minimum Gasteiger partial charge on any atom is -0.489 e. The van der Waals surface area contributed by atoms with Crippen molar-refractivity contribution >= 4 is 68.5 Å². The molecule has 6 aromatic rings. The first kappa shape index (κ1) is 59.4. The normalized spacial score (nSPS) is 18.9. The number of amides is 6. The number of piperidine rings is 3. The van der Waals surface area contributed by atoms with Crippen LogP contribution in [-0.2, 0) is 63.7 Å². The number of rotatable bonds is 13. The monoisotopic (exact) mass is 1200 g/mol. The number of sulfone groups is 1. The third kappa shape index (κ3) is 13.5. The molecule has 3 unspecified atom stereocenters. The third-order valence-corrected chi connectivity index (χ3v) is 17.1. The molecule has 3 saturated heterocycles. The molecule has 6 aliphatic heterocycles. The predicted octanol–water partition coefficient (Wildman–Crippen LogP) is 10.1. The standard InChI is InChI=1S/C22H22N2O5S.C22H22N2O3.C21H18Cl2N2O3/c1-14-6-11-19(21(25)23-14)24-12-18-17(22(24)26)4-3-5-20(18)29-13-15-7-9-16(10-8-15)30(2,27)28;1-14-5-3-6-16(11-14)13-27-20-8-4-7-17-18(20)12-24(22(17)26)19-10-9-15(2)23-21(19)25;1-12-5-6-18(20(26)24-12)25-10-17-16(21(25)27)3-2-4-19(17)28-11-13-7-14(22)9-15(23)8-13/h3-5,7-10,19H,1,6,11-13H2,2H3,(H,23,25);3-8,11,19H,2,9-10,12-13H2,1H3,(H,23,25);2-4,7-9,18H,1,5-6,10-11H2,(H,24,26). The Labute approximate surface area is 503 Å². The first-order valence-corrected chi connectivity index (χ1v) is 30.3. The summed E-state index contributed by atoms with van der Waals surface area (Å²) in [5.41, 5.74) is 10.1. The van der Waals surface area contributed by atoms with E-state index in [1.54, 1.807) is 93.6 Å². The second kappa shape index (κ2) is 25.2. The van der Waals surface area contributed by atoms with Crippen LogP contribution in [0.5, 0.6) is 17.2 Å². The minimum absolute atomic E-state index is 0.112. The van der Waals surface area contributed by atoms with Gasteiger partial charge in [-0.25, -0.2) is 8.42 Å². The Morgan fingerprint density at radius 2 is 0.847 bits per heavy atom. The first-order valence-electron chi connectivity index (χ1n) is 27.6. The zero-order chi connectivity index (χ0) is 60.3. The Balaban J connectivity index is 0.000000142. The number of allylic oxidation sites excluding steroid dienone is 3. The Hall–Kier alpha value is -8.71. The van der Waals surface area contributed by atoms with Crippen LogP contribution in [0.4, 0.5) is 0 Å². The largest absolute Gasteiger partial charge is 0.489 e. The molecule has 17 nitrogen and oxygen atoms in total. The first-order chi connectivity index (χ1) is 40.7. The minimum atomic E-state index is -3.25. The average molecular weight is 1210 g/mol. The molecule has 3 fully saturated rings. The third-order valence-electron chi connectivity index (χ3n) is 15.5. The molecule has 6 heterocycles. The predicted molar refractivity (Wildman–Crippen MR) is 320 cm³/mol. The Bertz CT molecular complexity index is 3830. The number of halogens is 2. The highest BCUT2D eigenvalue weighted by molar-refractivity contribution is 7.90. The summed E-state index contributed by atoms with van der Waals surface area (Å²) in [4.78, 5) is 80.7. The van der Waals surface area contributed by atoms with Gasteiger partial charge in [0.2, 0.25) is 17.7 Å². The Kier molecular flexibility index (Phi) is 17.7. The van der Waals surface area contributed by atoms with Crippen molar-refractivity contribution in [3.05, 3.63) is 224 Å². The maximum atomic E-state index is 12.9. The van der Waals surface area contributed by atoms with Gasteiger partial charge in [-0.1, -0.05) is 103 Å². The highest BCUT2D eigenvalue weighted by Gasteiger charge is 2.42. The molecule has 6 aliphatic rings. The van der Waals surface area contributed by atoms with Crippen LogP contribution in [0, 0.1) is 6.92 Å². The van der Waals surface area contributed by atoms with E-state index in [0.29, 0.717) is 126 Å². The summed E-state index contributed by atoms with van der Waals surface area (Å²) >= 11 is 12.1. The second-order valence-electron chi connectivity index (χ2n) is 21.6. The fourth-order valence-corrected chi connectivity index (χ4v) is 12.3. The van der Waals surface area contributed by atoms with Gasteiger partial charge in [0.05, 0.1) is 24.5 Å². The van der Waals surface area contributed by atoms with Gasteiger partial charge in [0.25, 0.3) is 17.7 Å².